The molecule has 0 atom stereocenters. The number of anilines is 2. The van der Waals surface area contributed by atoms with Gasteiger partial charge in [-0.3, -0.25) is 0 Å². The highest BCUT2D eigenvalue weighted by atomic mass is 32.2. The van der Waals surface area contributed by atoms with Gasteiger partial charge in [-0.2, -0.15) is 11.8 Å². The molecule has 2 N–H and O–H groups in total. The number of thioether (sulfide) groups is 1. The minimum Gasteiger partial charge on any atom is -0.388 e. The molecule has 13 heavy (non-hydrogen) atoms. The lowest BCUT2D eigenvalue weighted by Gasteiger charge is -2.10. The zero-order chi connectivity index (χ0) is 9.68. The summed E-state index contributed by atoms with van der Waals surface area (Å²) >= 11 is 1.84. The van der Waals surface area contributed by atoms with Gasteiger partial charge in [-0.05, 0) is 24.0 Å². The second-order valence-corrected chi connectivity index (χ2v) is 3.67. The average Bonchev–Trinajstić information content (AvgIpc) is 2.19. The van der Waals surface area contributed by atoms with Gasteiger partial charge < -0.3 is 10.6 Å². The second kappa shape index (κ2) is 5.02. The van der Waals surface area contributed by atoms with Crippen molar-refractivity contribution >= 4 is 23.1 Å². The summed E-state index contributed by atoms with van der Waals surface area (Å²) in [6, 6.07) is 6.39. The first-order chi connectivity index (χ1) is 6.31. The van der Waals surface area contributed by atoms with Crippen LogP contribution in [0.3, 0.4) is 0 Å². The lowest BCUT2D eigenvalue weighted by molar-refractivity contribution is 1.36. The standard InChI is InChI=1S/C10H16N2S/c1-11-9-5-4-8(7-13-3)10(6-9)12-2/h4-6,11-12H,7H2,1-3H3. The number of benzene rings is 1. The van der Waals surface area contributed by atoms with Gasteiger partial charge >= 0.3 is 0 Å². The van der Waals surface area contributed by atoms with Crippen LogP contribution < -0.4 is 10.6 Å². The van der Waals surface area contributed by atoms with Gasteiger partial charge in [-0.25, -0.2) is 0 Å². The molecule has 0 amide bonds. The monoisotopic (exact) mass is 196 g/mol. The van der Waals surface area contributed by atoms with Crippen molar-refractivity contribution in [3.05, 3.63) is 23.8 Å². The minimum atomic E-state index is 1.06. The quantitative estimate of drug-likeness (QED) is 0.774. The van der Waals surface area contributed by atoms with E-state index in [9.17, 15) is 0 Å². The molecule has 2 nitrogen and oxygen atoms in total. The first kappa shape index (κ1) is 10.3. The van der Waals surface area contributed by atoms with E-state index in [0.717, 1.165) is 11.4 Å². The van der Waals surface area contributed by atoms with Crippen LogP contribution in [0.2, 0.25) is 0 Å². The maximum Gasteiger partial charge on any atom is 0.0399 e. The van der Waals surface area contributed by atoms with Crippen molar-refractivity contribution in [2.75, 3.05) is 31.0 Å². The van der Waals surface area contributed by atoms with Gasteiger partial charge in [0.15, 0.2) is 0 Å². The highest BCUT2D eigenvalue weighted by Gasteiger charge is 2.00. The minimum absolute atomic E-state index is 1.06. The van der Waals surface area contributed by atoms with E-state index in [1.807, 2.05) is 25.9 Å². The molecule has 3 heteroatoms. The van der Waals surface area contributed by atoms with E-state index in [-0.39, 0.29) is 0 Å². The van der Waals surface area contributed by atoms with Crippen molar-refractivity contribution in [1.82, 2.24) is 0 Å². The van der Waals surface area contributed by atoms with Crippen molar-refractivity contribution in [2.24, 2.45) is 0 Å². The molecule has 1 rings (SSSR count). The van der Waals surface area contributed by atoms with Crippen LogP contribution in [-0.4, -0.2) is 20.4 Å². The number of rotatable bonds is 4. The smallest absolute Gasteiger partial charge is 0.0399 e. The van der Waals surface area contributed by atoms with Gasteiger partial charge in [0.2, 0.25) is 0 Å². The Balaban J connectivity index is 2.93. The molecule has 1 aromatic carbocycles. The summed E-state index contributed by atoms with van der Waals surface area (Å²) in [5.74, 6) is 1.06. The summed E-state index contributed by atoms with van der Waals surface area (Å²) in [4.78, 5) is 0. The summed E-state index contributed by atoms with van der Waals surface area (Å²) in [6.45, 7) is 0. The van der Waals surface area contributed by atoms with Crippen LogP contribution in [0.4, 0.5) is 11.4 Å². The molecule has 0 radical (unpaired) electrons. The van der Waals surface area contributed by atoms with Gasteiger partial charge in [0, 0.05) is 31.2 Å². The largest absolute Gasteiger partial charge is 0.388 e. The van der Waals surface area contributed by atoms with Crippen LogP contribution in [0.1, 0.15) is 5.56 Å². The van der Waals surface area contributed by atoms with Crippen LogP contribution in [0.15, 0.2) is 18.2 Å². The Hall–Kier alpha value is -0.830. The molecule has 0 aliphatic rings. The molecule has 0 fully saturated rings. The molecular weight excluding hydrogens is 180 g/mol. The second-order valence-electron chi connectivity index (χ2n) is 2.80. The van der Waals surface area contributed by atoms with Gasteiger partial charge in [0.05, 0.1) is 0 Å². The Morgan fingerprint density at radius 2 is 2.00 bits per heavy atom. The molecule has 0 aromatic heterocycles. The Bertz CT molecular complexity index is 274. The fraction of sp³-hybridized carbons (Fsp3) is 0.400. The van der Waals surface area contributed by atoms with Crippen molar-refractivity contribution in [1.29, 1.82) is 0 Å². The first-order valence-electron chi connectivity index (χ1n) is 4.29. The topological polar surface area (TPSA) is 24.1 Å². The summed E-state index contributed by atoms with van der Waals surface area (Å²) in [5.41, 5.74) is 3.71. The summed E-state index contributed by atoms with van der Waals surface area (Å²) < 4.78 is 0. The lowest BCUT2D eigenvalue weighted by Crippen LogP contribution is -1.96. The van der Waals surface area contributed by atoms with Gasteiger partial charge in [-0.15, -0.1) is 0 Å². The van der Waals surface area contributed by atoms with Gasteiger partial charge in [-0.1, -0.05) is 6.07 Å². The Kier molecular flexibility index (Phi) is 3.96. The Morgan fingerprint density at radius 3 is 2.54 bits per heavy atom. The molecular formula is C10H16N2S. The van der Waals surface area contributed by atoms with E-state index in [2.05, 4.69) is 35.1 Å². The molecule has 0 bridgehead atoms. The van der Waals surface area contributed by atoms with E-state index in [1.165, 1.54) is 11.3 Å². The molecule has 0 heterocycles. The van der Waals surface area contributed by atoms with Crippen LogP contribution in [-0.2, 0) is 5.75 Å². The maximum absolute atomic E-state index is 3.20. The predicted molar refractivity (Wildman–Crippen MR) is 62.8 cm³/mol. The van der Waals surface area contributed by atoms with Crippen molar-refractivity contribution in [3.8, 4) is 0 Å². The van der Waals surface area contributed by atoms with Crippen LogP contribution >= 0.6 is 11.8 Å². The van der Waals surface area contributed by atoms with Gasteiger partial charge in [0.1, 0.15) is 0 Å². The Morgan fingerprint density at radius 1 is 1.23 bits per heavy atom. The van der Waals surface area contributed by atoms with E-state index in [4.69, 9.17) is 0 Å². The maximum atomic E-state index is 3.20. The first-order valence-corrected chi connectivity index (χ1v) is 5.68. The number of hydrogen-bond acceptors (Lipinski definition) is 3. The molecule has 1 aromatic rings. The average molecular weight is 196 g/mol. The van der Waals surface area contributed by atoms with E-state index < -0.39 is 0 Å². The summed E-state index contributed by atoms with van der Waals surface area (Å²) in [6.07, 6.45) is 2.12. The van der Waals surface area contributed by atoms with Crippen LogP contribution in [0.5, 0.6) is 0 Å². The SMILES string of the molecule is CNc1ccc(CSC)c(NC)c1. The van der Waals surface area contributed by atoms with Crippen molar-refractivity contribution in [3.63, 3.8) is 0 Å². The number of hydrogen-bond donors (Lipinski definition) is 2. The molecule has 0 aliphatic heterocycles. The van der Waals surface area contributed by atoms with Crippen molar-refractivity contribution < 1.29 is 0 Å². The lowest BCUT2D eigenvalue weighted by atomic mass is 10.2. The van der Waals surface area contributed by atoms with E-state index >= 15 is 0 Å². The van der Waals surface area contributed by atoms with Gasteiger partial charge in [0.25, 0.3) is 0 Å². The van der Waals surface area contributed by atoms with Crippen LogP contribution in [0.25, 0.3) is 0 Å². The Labute approximate surface area is 84.1 Å². The van der Waals surface area contributed by atoms with Crippen molar-refractivity contribution in [2.45, 2.75) is 5.75 Å². The fourth-order valence-corrected chi connectivity index (χ4v) is 1.81. The number of nitrogens with one attached hydrogen (secondary N) is 2. The zero-order valence-corrected chi connectivity index (χ0v) is 9.16. The normalized spacial score (nSPS) is 9.77. The fourth-order valence-electron chi connectivity index (χ4n) is 1.25. The molecule has 0 saturated carbocycles. The highest BCUT2D eigenvalue weighted by Crippen LogP contribution is 2.23. The summed E-state index contributed by atoms with van der Waals surface area (Å²) in [5, 5.41) is 6.33. The zero-order valence-electron chi connectivity index (χ0n) is 8.35. The summed E-state index contributed by atoms with van der Waals surface area (Å²) in [7, 11) is 3.89. The third-order valence-electron chi connectivity index (χ3n) is 1.97. The third kappa shape index (κ3) is 2.56. The third-order valence-corrected chi connectivity index (χ3v) is 2.57. The van der Waals surface area contributed by atoms with E-state index in [1.54, 1.807) is 0 Å². The van der Waals surface area contributed by atoms with Crippen LogP contribution in [0, 0.1) is 0 Å². The van der Waals surface area contributed by atoms with E-state index in [0.29, 0.717) is 0 Å². The molecule has 0 unspecified atom stereocenters. The molecule has 0 saturated heterocycles. The highest BCUT2D eigenvalue weighted by molar-refractivity contribution is 7.97. The predicted octanol–water partition coefficient (Wildman–Crippen LogP) is 2.63. The molecule has 0 aliphatic carbocycles. The molecule has 72 valence electrons. The molecule has 0 spiro atoms.